The molecule has 0 aliphatic carbocycles. The van der Waals surface area contributed by atoms with Crippen LogP contribution < -0.4 is 0 Å². The van der Waals surface area contributed by atoms with E-state index in [1.54, 1.807) is 24.3 Å². The van der Waals surface area contributed by atoms with Gasteiger partial charge in [-0.15, -0.1) is 0 Å². The van der Waals surface area contributed by atoms with Crippen LogP contribution in [-0.4, -0.2) is 22.4 Å². The lowest BCUT2D eigenvalue weighted by atomic mass is 9.86. The second-order valence-electron chi connectivity index (χ2n) is 8.03. The van der Waals surface area contributed by atoms with E-state index in [1.165, 1.54) is 36.6 Å². The molecule has 2 unspecified atom stereocenters. The van der Waals surface area contributed by atoms with Crippen molar-refractivity contribution < 1.29 is 26.6 Å². The van der Waals surface area contributed by atoms with Crippen LogP contribution in [0.1, 0.15) is 23.1 Å². The largest absolute Gasteiger partial charge is 0.435 e. The van der Waals surface area contributed by atoms with Gasteiger partial charge in [-0.2, -0.15) is 13.2 Å². The van der Waals surface area contributed by atoms with E-state index in [2.05, 4.69) is 9.52 Å². The molecular weight excluding hydrogens is 527 g/mol. The Morgan fingerprint density at radius 3 is 2.31 bits per heavy atom. The second-order valence-corrected chi connectivity index (χ2v) is 11.2. The van der Waals surface area contributed by atoms with Crippen molar-refractivity contribution >= 4 is 38.6 Å². The summed E-state index contributed by atoms with van der Waals surface area (Å²) in [7, 11) is -2.83. The third kappa shape index (κ3) is 5.32. The maximum atomic E-state index is 14.1. The van der Waals surface area contributed by atoms with Crippen LogP contribution in [0.3, 0.4) is 0 Å². The van der Waals surface area contributed by atoms with Crippen LogP contribution in [0, 0.1) is 5.82 Å². The lowest BCUT2D eigenvalue weighted by Gasteiger charge is -2.29. The van der Waals surface area contributed by atoms with Crippen molar-refractivity contribution in [1.82, 2.24) is 0 Å². The highest BCUT2D eigenvalue weighted by Gasteiger charge is 2.62. The Kier molecular flexibility index (Phi) is 6.87. The average molecular weight is 545 g/mol. The van der Waals surface area contributed by atoms with E-state index < -0.39 is 33.7 Å². The molecule has 0 bridgehead atoms. The SMILES string of the molecule is CS(=O)(=NCc1ccc(C2=NOC(c3cc(Cl)cc(Cl)c3)(C(F)(F)F)C2)cc1)c1cccc(F)c1. The highest BCUT2D eigenvalue weighted by molar-refractivity contribution is 7.93. The number of alkyl halides is 3. The number of nitrogens with zero attached hydrogens (tertiary/aromatic N) is 2. The number of rotatable bonds is 5. The average Bonchev–Trinajstić information content (AvgIpc) is 3.25. The molecule has 184 valence electrons. The molecular formula is C24H18Cl2F4N2O2S. The van der Waals surface area contributed by atoms with Gasteiger partial charge in [0, 0.05) is 28.3 Å². The Morgan fingerprint density at radius 2 is 1.71 bits per heavy atom. The third-order valence-electron chi connectivity index (χ3n) is 5.53. The van der Waals surface area contributed by atoms with Crippen molar-refractivity contribution in [2.24, 2.45) is 9.52 Å². The first-order valence-corrected chi connectivity index (χ1v) is 12.9. The molecule has 1 aliphatic rings. The minimum Gasteiger partial charge on any atom is -0.374 e. The molecule has 0 amide bonds. The summed E-state index contributed by atoms with van der Waals surface area (Å²) in [6, 6.07) is 15.5. The van der Waals surface area contributed by atoms with Crippen LogP contribution in [0.5, 0.6) is 0 Å². The standard InChI is InChI=1S/C24H18Cl2F4N2O2S/c1-35(33,21-4-2-3-20(27)12-21)31-14-15-5-7-16(8-6-15)22-13-23(34-32-22,24(28,29)30)17-9-18(25)11-19(26)10-17/h2-12H,13-14H2,1H3. The van der Waals surface area contributed by atoms with Gasteiger partial charge in [0.05, 0.1) is 26.9 Å². The van der Waals surface area contributed by atoms with Crippen LogP contribution in [0.15, 0.2) is 81.1 Å². The van der Waals surface area contributed by atoms with Gasteiger partial charge in [0.15, 0.2) is 0 Å². The van der Waals surface area contributed by atoms with E-state index in [-0.39, 0.29) is 32.8 Å². The lowest BCUT2D eigenvalue weighted by Crippen LogP contribution is -2.42. The second kappa shape index (κ2) is 9.44. The maximum Gasteiger partial charge on any atom is 0.435 e. The third-order valence-corrected chi connectivity index (χ3v) is 7.72. The van der Waals surface area contributed by atoms with Crippen molar-refractivity contribution in [3.05, 3.63) is 99.3 Å². The molecule has 3 aromatic rings. The van der Waals surface area contributed by atoms with Crippen molar-refractivity contribution in [1.29, 1.82) is 0 Å². The van der Waals surface area contributed by atoms with Crippen molar-refractivity contribution in [3.8, 4) is 0 Å². The van der Waals surface area contributed by atoms with Crippen LogP contribution in [0.4, 0.5) is 17.6 Å². The first-order valence-electron chi connectivity index (χ1n) is 10.2. The number of halogens is 6. The maximum absolute atomic E-state index is 14.1. The smallest absolute Gasteiger partial charge is 0.374 e. The molecule has 0 radical (unpaired) electrons. The summed E-state index contributed by atoms with van der Waals surface area (Å²) in [6.07, 6.45) is -3.94. The molecule has 0 aromatic heterocycles. The minimum absolute atomic E-state index is 0.0482. The molecule has 0 fully saturated rings. The molecule has 0 saturated carbocycles. The summed E-state index contributed by atoms with van der Waals surface area (Å²) in [5, 5.41) is 3.83. The van der Waals surface area contributed by atoms with Gasteiger partial charge in [-0.25, -0.2) is 13.0 Å². The van der Waals surface area contributed by atoms with E-state index >= 15 is 0 Å². The fourth-order valence-corrected chi connectivity index (χ4v) is 5.36. The molecule has 3 aromatic carbocycles. The quantitative estimate of drug-likeness (QED) is 0.315. The van der Waals surface area contributed by atoms with Gasteiger partial charge < -0.3 is 4.84 Å². The van der Waals surface area contributed by atoms with Crippen LogP contribution >= 0.6 is 23.2 Å². The van der Waals surface area contributed by atoms with Crippen LogP contribution in [-0.2, 0) is 26.7 Å². The van der Waals surface area contributed by atoms with Gasteiger partial charge in [-0.3, -0.25) is 0 Å². The first-order chi connectivity index (χ1) is 16.4. The Balaban J connectivity index is 1.55. The van der Waals surface area contributed by atoms with Crippen LogP contribution in [0.25, 0.3) is 0 Å². The summed E-state index contributed by atoms with van der Waals surface area (Å²) in [5.74, 6) is -0.508. The number of oxime groups is 1. The lowest BCUT2D eigenvalue weighted by molar-refractivity contribution is -0.275. The summed E-state index contributed by atoms with van der Waals surface area (Å²) < 4.78 is 73.0. The van der Waals surface area contributed by atoms with E-state index in [0.29, 0.717) is 11.1 Å². The number of hydrogen-bond acceptors (Lipinski definition) is 4. The summed E-state index contributed by atoms with van der Waals surface area (Å²) in [4.78, 5) is 5.28. The predicted molar refractivity (Wildman–Crippen MR) is 128 cm³/mol. The van der Waals surface area contributed by atoms with Gasteiger partial charge in [-0.1, -0.05) is 58.7 Å². The van der Waals surface area contributed by atoms with E-state index in [9.17, 15) is 21.8 Å². The zero-order valence-electron chi connectivity index (χ0n) is 18.2. The minimum atomic E-state index is -4.79. The van der Waals surface area contributed by atoms with Crippen LogP contribution in [0.2, 0.25) is 10.0 Å². The van der Waals surface area contributed by atoms with Gasteiger partial charge in [0.25, 0.3) is 5.60 Å². The zero-order valence-corrected chi connectivity index (χ0v) is 20.5. The fourth-order valence-electron chi connectivity index (χ4n) is 3.62. The monoisotopic (exact) mass is 544 g/mol. The van der Waals surface area contributed by atoms with Gasteiger partial charge in [0.1, 0.15) is 5.82 Å². The summed E-state index contributed by atoms with van der Waals surface area (Å²) >= 11 is 11.9. The highest BCUT2D eigenvalue weighted by Crippen LogP contribution is 2.49. The number of benzene rings is 3. The van der Waals surface area contributed by atoms with Crippen molar-refractivity contribution in [3.63, 3.8) is 0 Å². The molecule has 35 heavy (non-hydrogen) atoms. The predicted octanol–water partition coefficient (Wildman–Crippen LogP) is 7.37. The first kappa shape index (κ1) is 25.5. The van der Waals surface area contributed by atoms with Crippen molar-refractivity contribution in [2.75, 3.05) is 6.26 Å². The van der Waals surface area contributed by atoms with E-state index in [1.807, 2.05) is 0 Å². The summed E-state index contributed by atoms with van der Waals surface area (Å²) in [5.41, 5.74) is -1.77. The van der Waals surface area contributed by atoms with Gasteiger partial charge >= 0.3 is 6.18 Å². The molecule has 0 N–H and O–H groups in total. The molecule has 0 saturated heterocycles. The molecule has 2 atom stereocenters. The normalized spacial score (nSPS) is 19.6. The number of hydrogen-bond donors (Lipinski definition) is 0. The Hall–Kier alpha value is -2.62. The van der Waals surface area contributed by atoms with E-state index in [4.69, 9.17) is 28.0 Å². The Morgan fingerprint density at radius 1 is 1.06 bits per heavy atom. The zero-order chi connectivity index (χ0) is 25.4. The summed E-state index contributed by atoms with van der Waals surface area (Å²) in [6.45, 7) is 0.0720. The molecule has 0 spiro atoms. The highest BCUT2D eigenvalue weighted by atomic mass is 35.5. The van der Waals surface area contributed by atoms with Gasteiger partial charge in [0.2, 0.25) is 0 Å². The molecule has 1 aliphatic heterocycles. The Labute approximate surface area is 209 Å². The fraction of sp³-hybridized carbons (Fsp3) is 0.208. The molecule has 11 heteroatoms. The molecule has 4 rings (SSSR count). The van der Waals surface area contributed by atoms with Crippen molar-refractivity contribution in [2.45, 2.75) is 29.6 Å². The van der Waals surface area contributed by atoms with E-state index in [0.717, 1.165) is 12.1 Å². The van der Waals surface area contributed by atoms with Gasteiger partial charge in [-0.05, 0) is 47.5 Å². The Bertz CT molecular complexity index is 1400. The molecule has 4 nitrogen and oxygen atoms in total. The molecule has 1 heterocycles. The topological polar surface area (TPSA) is 51.0 Å².